The minimum atomic E-state index is -0.860. The van der Waals surface area contributed by atoms with Crippen LogP contribution in [0.4, 0.5) is 0 Å². The third-order valence-electron chi connectivity index (χ3n) is 3.01. The van der Waals surface area contributed by atoms with E-state index in [0.29, 0.717) is 17.5 Å². The third kappa shape index (κ3) is 2.17. The first-order valence-corrected chi connectivity index (χ1v) is 6.14. The fraction of sp³-hybridized carbons (Fsp3) is 0.143. The number of hydrogen-bond acceptors (Lipinski definition) is 6. The summed E-state index contributed by atoms with van der Waals surface area (Å²) in [4.78, 5) is 12.5. The van der Waals surface area contributed by atoms with Gasteiger partial charge in [-0.15, -0.1) is 0 Å². The van der Waals surface area contributed by atoms with Crippen molar-refractivity contribution in [1.29, 1.82) is 0 Å². The zero-order valence-electron chi connectivity index (χ0n) is 10.9. The fourth-order valence-corrected chi connectivity index (χ4v) is 1.85. The highest BCUT2D eigenvalue weighted by Gasteiger charge is 2.30. The first kappa shape index (κ1) is 12.4. The van der Waals surface area contributed by atoms with Crippen LogP contribution in [0.15, 0.2) is 53.3 Å². The minimum Gasteiger partial charge on any atom is -0.336 e. The van der Waals surface area contributed by atoms with Gasteiger partial charge in [-0.2, -0.15) is 4.98 Å². The second kappa shape index (κ2) is 4.82. The second-order valence-corrected chi connectivity index (χ2v) is 4.56. The predicted molar refractivity (Wildman–Crippen MR) is 72.4 cm³/mol. The van der Waals surface area contributed by atoms with E-state index in [4.69, 9.17) is 10.3 Å². The summed E-state index contributed by atoms with van der Waals surface area (Å²) in [6, 6.07) is 11.3. The van der Waals surface area contributed by atoms with Crippen LogP contribution in [0.5, 0.6) is 0 Å². The van der Waals surface area contributed by atoms with Crippen molar-refractivity contribution in [3.05, 3.63) is 60.2 Å². The molecule has 100 valence electrons. The van der Waals surface area contributed by atoms with Gasteiger partial charge in [0.25, 0.3) is 5.89 Å². The molecule has 2 aromatic heterocycles. The van der Waals surface area contributed by atoms with E-state index in [1.807, 2.05) is 37.3 Å². The number of aromatic nitrogens is 4. The average molecular weight is 267 g/mol. The molecule has 0 spiro atoms. The first-order valence-electron chi connectivity index (χ1n) is 6.14. The van der Waals surface area contributed by atoms with E-state index in [2.05, 4.69) is 20.1 Å². The van der Waals surface area contributed by atoms with Crippen LogP contribution in [0.1, 0.15) is 18.4 Å². The van der Waals surface area contributed by atoms with Crippen molar-refractivity contribution in [3.8, 4) is 11.6 Å². The van der Waals surface area contributed by atoms with Crippen LogP contribution in [-0.4, -0.2) is 20.1 Å². The Hall–Kier alpha value is -2.60. The zero-order valence-corrected chi connectivity index (χ0v) is 10.9. The highest BCUT2D eigenvalue weighted by atomic mass is 16.5. The van der Waals surface area contributed by atoms with Gasteiger partial charge in [-0.1, -0.05) is 35.5 Å². The lowest BCUT2D eigenvalue weighted by Crippen LogP contribution is -2.34. The smallest absolute Gasteiger partial charge is 0.251 e. The van der Waals surface area contributed by atoms with Gasteiger partial charge in [0.2, 0.25) is 11.6 Å². The number of nitrogens with two attached hydrogens (primary N) is 1. The van der Waals surface area contributed by atoms with Crippen LogP contribution < -0.4 is 5.73 Å². The maximum atomic E-state index is 6.31. The monoisotopic (exact) mass is 267 g/mol. The highest BCUT2D eigenvalue weighted by Crippen LogP contribution is 2.26. The van der Waals surface area contributed by atoms with Crippen molar-refractivity contribution in [3.63, 3.8) is 0 Å². The molecule has 0 saturated heterocycles. The van der Waals surface area contributed by atoms with Crippen molar-refractivity contribution >= 4 is 0 Å². The summed E-state index contributed by atoms with van der Waals surface area (Å²) < 4.78 is 5.27. The van der Waals surface area contributed by atoms with Crippen LogP contribution in [-0.2, 0) is 5.54 Å². The standard InChI is InChI=1S/C14H13N5O/c1-14(15,10-6-3-2-4-7-10)13-18-12(19-20-13)11-16-8-5-9-17-11/h2-9H,15H2,1H3. The molecule has 0 amide bonds. The van der Waals surface area contributed by atoms with Gasteiger partial charge in [0.1, 0.15) is 5.54 Å². The van der Waals surface area contributed by atoms with Crippen molar-refractivity contribution in [2.75, 3.05) is 0 Å². The van der Waals surface area contributed by atoms with Gasteiger partial charge in [-0.25, -0.2) is 9.97 Å². The molecule has 1 aromatic carbocycles. The Morgan fingerprint density at radius 3 is 2.40 bits per heavy atom. The van der Waals surface area contributed by atoms with E-state index in [1.165, 1.54) is 0 Å². The normalized spacial score (nSPS) is 13.9. The zero-order chi connectivity index (χ0) is 14.0. The molecule has 0 fully saturated rings. The van der Waals surface area contributed by atoms with E-state index in [0.717, 1.165) is 5.56 Å². The summed E-state index contributed by atoms with van der Waals surface area (Å²) in [6.45, 7) is 1.82. The quantitative estimate of drug-likeness (QED) is 0.777. The molecule has 0 saturated carbocycles. The van der Waals surface area contributed by atoms with Gasteiger partial charge in [0.15, 0.2) is 0 Å². The minimum absolute atomic E-state index is 0.325. The molecule has 3 aromatic rings. The number of rotatable bonds is 3. The molecule has 6 heteroatoms. The molecule has 0 bridgehead atoms. The lowest BCUT2D eigenvalue weighted by atomic mass is 9.93. The van der Waals surface area contributed by atoms with Crippen molar-refractivity contribution < 1.29 is 4.52 Å². The summed E-state index contributed by atoms with van der Waals surface area (Å²) in [7, 11) is 0. The molecule has 0 aliphatic carbocycles. The van der Waals surface area contributed by atoms with Crippen LogP contribution in [0.25, 0.3) is 11.6 Å². The Labute approximate surface area is 115 Å². The predicted octanol–water partition coefficient (Wildman–Crippen LogP) is 1.75. The largest absolute Gasteiger partial charge is 0.336 e. The van der Waals surface area contributed by atoms with E-state index >= 15 is 0 Å². The third-order valence-corrected chi connectivity index (χ3v) is 3.01. The summed E-state index contributed by atoms with van der Waals surface area (Å²) in [6.07, 6.45) is 3.24. The Kier molecular flexibility index (Phi) is 3.00. The molecule has 1 unspecified atom stereocenters. The maximum absolute atomic E-state index is 6.31. The van der Waals surface area contributed by atoms with Crippen molar-refractivity contribution in [2.45, 2.75) is 12.5 Å². The lowest BCUT2D eigenvalue weighted by Gasteiger charge is -2.19. The molecular formula is C14H13N5O. The molecule has 2 heterocycles. The van der Waals surface area contributed by atoms with Gasteiger partial charge >= 0.3 is 0 Å². The molecular weight excluding hydrogens is 254 g/mol. The highest BCUT2D eigenvalue weighted by molar-refractivity contribution is 5.41. The molecule has 0 aliphatic heterocycles. The van der Waals surface area contributed by atoms with Gasteiger partial charge in [0.05, 0.1) is 0 Å². The molecule has 1 atom stereocenters. The summed E-state index contributed by atoms with van der Waals surface area (Å²) >= 11 is 0. The van der Waals surface area contributed by atoms with Crippen LogP contribution in [0.3, 0.4) is 0 Å². The van der Waals surface area contributed by atoms with Gasteiger partial charge in [0, 0.05) is 12.4 Å². The van der Waals surface area contributed by atoms with E-state index in [-0.39, 0.29) is 0 Å². The van der Waals surface area contributed by atoms with Crippen molar-refractivity contribution in [1.82, 2.24) is 20.1 Å². The second-order valence-electron chi connectivity index (χ2n) is 4.56. The average Bonchev–Trinajstić information content (AvgIpc) is 3.00. The van der Waals surface area contributed by atoms with Gasteiger partial charge in [-0.05, 0) is 18.6 Å². The van der Waals surface area contributed by atoms with E-state index < -0.39 is 5.54 Å². The molecule has 6 nitrogen and oxygen atoms in total. The summed E-state index contributed by atoms with van der Waals surface area (Å²) in [5.41, 5.74) is 6.35. The van der Waals surface area contributed by atoms with Crippen LogP contribution in [0.2, 0.25) is 0 Å². The topological polar surface area (TPSA) is 90.7 Å². The lowest BCUT2D eigenvalue weighted by molar-refractivity contribution is 0.325. The number of benzene rings is 1. The molecule has 0 radical (unpaired) electrons. The summed E-state index contributed by atoms with van der Waals surface area (Å²) in [5, 5.41) is 3.89. The molecule has 0 aliphatic rings. The Bertz CT molecular complexity index is 694. The first-order chi connectivity index (χ1) is 9.68. The van der Waals surface area contributed by atoms with Crippen LogP contribution in [0, 0.1) is 0 Å². The Morgan fingerprint density at radius 2 is 1.70 bits per heavy atom. The molecule has 2 N–H and O–H groups in total. The SMILES string of the molecule is CC(N)(c1ccccc1)c1nc(-c2ncccn2)no1. The summed E-state index contributed by atoms with van der Waals surface area (Å²) in [5.74, 6) is 1.06. The van der Waals surface area contributed by atoms with Crippen LogP contribution >= 0.6 is 0 Å². The number of hydrogen-bond donors (Lipinski definition) is 1. The van der Waals surface area contributed by atoms with E-state index in [9.17, 15) is 0 Å². The van der Waals surface area contributed by atoms with Crippen molar-refractivity contribution in [2.24, 2.45) is 5.73 Å². The Morgan fingerprint density at radius 1 is 1.00 bits per heavy atom. The fourth-order valence-electron chi connectivity index (χ4n) is 1.85. The maximum Gasteiger partial charge on any atom is 0.251 e. The number of nitrogens with zero attached hydrogens (tertiary/aromatic N) is 4. The van der Waals surface area contributed by atoms with E-state index in [1.54, 1.807) is 18.5 Å². The van der Waals surface area contributed by atoms with Gasteiger partial charge in [-0.3, -0.25) is 0 Å². The van der Waals surface area contributed by atoms with Gasteiger partial charge < -0.3 is 10.3 Å². The molecule has 20 heavy (non-hydrogen) atoms. The molecule has 3 rings (SSSR count). The Balaban J connectivity index is 1.98.